The van der Waals surface area contributed by atoms with Crippen LogP contribution in [-0.4, -0.2) is 40.3 Å². The number of esters is 2. The van der Waals surface area contributed by atoms with Gasteiger partial charge in [0.15, 0.2) is 6.61 Å². The SMILES string of the molecule is O=C(COC(=O)[C@@H]1[C@H]2C[C@H]3[C@H](OC(=O)[C@H]31)[C@H]2Br)Nc1cccc([N+](=O)[O-])c1. The van der Waals surface area contributed by atoms with E-state index in [-0.39, 0.29) is 40.1 Å². The number of hydrogen-bond acceptors (Lipinski definition) is 7. The van der Waals surface area contributed by atoms with Gasteiger partial charge in [-0.2, -0.15) is 0 Å². The van der Waals surface area contributed by atoms with Crippen molar-refractivity contribution in [3.05, 3.63) is 34.4 Å². The van der Waals surface area contributed by atoms with Crippen LogP contribution in [0.4, 0.5) is 11.4 Å². The van der Waals surface area contributed by atoms with Crippen LogP contribution in [0, 0.1) is 33.8 Å². The summed E-state index contributed by atoms with van der Waals surface area (Å²) in [6.07, 6.45) is 0.533. The van der Waals surface area contributed by atoms with Gasteiger partial charge in [-0.15, -0.1) is 0 Å². The molecule has 2 aliphatic carbocycles. The summed E-state index contributed by atoms with van der Waals surface area (Å²) in [4.78, 5) is 46.6. The summed E-state index contributed by atoms with van der Waals surface area (Å²) < 4.78 is 10.5. The molecule has 2 bridgehead atoms. The Hall–Kier alpha value is -2.49. The Morgan fingerprint density at radius 1 is 1.37 bits per heavy atom. The zero-order chi connectivity index (χ0) is 19.3. The van der Waals surface area contributed by atoms with Gasteiger partial charge >= 0.3 is 11.9 Å². The van der Waals surface area contributed by atoms with E-state index in [1.54, 1.807) is 0 Å². The lowest BCUT2D eigenvalue weighted by molar-refractivity contribution is -0.384. The normalized spacial score (nSPS) is 32.9. The van der Waals surface area contributed by atoms with Crippen LogP contribution in [0.25, 0.3) is 0 Å². The lowest BCUT2D eigenvalue weighted by atomic mass is 9.80. The topological polar surface area (TPSA) is 125 Å². The third-order valence-corrected chi connectivity index (χ3v) is 6.68. The Kier molecular flexibility index (Phi) is 4.37. The molecule has 0 aromatic heterocycles. The summed E-state index contributed by atoms with van der Waals surface area (Å²) >= 11 is 3.51. The van der Waals surface area contributed by atoms with Gasteiger partial charge in [-0.05, 0) is 18.4 Å². The van der Waals surface area contributed by atoms with Crippen molar-refractivity contribution in [1.82, 2.24) is 0 Å². The molecule has 1 N–H and O–H groups in total. The van der Waals surface area contributed by atoms with Gasteiger partial charge < -0.3 is 14.8 Å². The lowest BCUT2D eigenvalue weighted by Gasteiger charge is -2.26. The number of nitro groups is 1. The number of ether oxygens (including phenoxy) is 2. The zero-order valence-corrected chi connectivity index (χ0v) is 15.5. The van der Waals surface area contributed by atoms with Crippen molar-refractivity contribution in [2.45, 2.75) is 17.4 Å². The van der Waals surface area contributed by atoms with Crippen LogP contribution in [0.15, 0.2) is 24.3 Å². The van der Waals surface area contributed by atoms with E-state index in [0.29, 0.717) is 0 Å². The largest absolute Gasteiger partial charge is 0.461 e. The second kappa shape index (κ2) is 6.59. The molecular weight excluding hydrogens is 424 g/mol. The van der Waals surface area contributed by atoms with Crippen molar-refractivity contribution in [2.75, 3.05) is 11.9 Å². The number of nitro benzene ring substituents is 1. The number of nitrogens with zero attached hydrogens (tertiary/aromatic N) is 1. The summed E-state index contributed by atoms with van der Waals surface area (Å²) in [5.74, 6) is -2.74. The van der Waals surface area contributed by atoms with Crippen molar-refractivity contribution < 1.29 is 28.8 Å². The highest BCUT2D eigenvalue weighted by atomic mass is 79.9. The third-order valence-electron chi connectivity index (χ3n) is 5.48. The van der Waals surface area contributed by atoms with E-state index in [4.69, 9.17) is 9.47 Å². The van der Waals surface area contributed by atoms with Crippen LogP contribution in [0.5, 0.6) is 0 Å². The van der Waals surface area contributed by atoms with E-state index < -0.39 is 35.2 Å². The Morgan fingerprint density at radius 3 is 2.89 bits per heavy atom. The maximum Gasteiger partial charge on any atom is 0.310 e. The molecule has 0 unspecified atom stereocenters. The molecule has 3 aliphatic rings. The van der Waals surface area contributed by atoms with E-state index in [9.17, 15) is 24.5 Å². The minimum atomic E-state index is -0.616. The minimum Gasteiger partial charge on any atom is -0.461 e. The summed E-state index contributed by atoms with van der Waals surface area (Å²) in [6, 6.07) is 5.44. The number of fused-ring (bicyclic) bond motifs is 1. The lowest BCUT2D eigenvalue weighted by Crippen LogP contribution is -2.39. The molecule has 1 amide bonds. The van der Waals surface area contributed by atoms with Gasteiger partial charge in [0.2, 0.25) is 0 Å². The van der Waals surface area contributed by atoms with Crippen LogP contribution in [0.3, 0.4) is 0 Å². The molecule has 4 rings (SSSR count). The highest BCUT2D eigenvalue weighted by Crippen LogP contribution is 2.60. The molecule has 1 aromatic rings. The fourth-order valence-corrected chi connectivity index (χ4v) is 5.47. The molecule has 6 atom stereocenters. The van der Waals surface area contributed by atoms with Crippen LogP contribution in [0.2, 0.25) is 0 Å². The smallest absolute Gasteiger partial charge is 0.310 e. The van der Waals surface area contributed by atoms with E-state index in [2.05, 4.69) is 21.2 Å². The highest BCUT2D eigenvalue weighted by Gasteiger charge is 2.68. The van der Waals surface area contributed by atoms with Crippen LogP contribution >= 0.6 is 15.9 Å². The number of amides is 1. The van der Waals surface area contributed by atoms with Crippen molar-refractivity contribution in [3.8, 4) is 0 Å². The number of carbonyl (C=O) groups is 3. The molecule has 27 heavy (non-hydrogen) atoms. The van der Waals surface area contributed by atoms with Gasteiger partial charge in [0.05, 0.1) is 21.6 Å². The number of non-ortho nitro benzene ring substituents is 1. The first-order chi connectivity index (χ1) is 12.9. The van der Waals surface area contributed by atoms with Gasteiger partial charge in [-0.1, -0.05) is 22.0 Å². The number of carbonyl (C=O) groups excluding carboxylic acids is 3. The monoisotopic (exact) mass is 438 g/mol. The Balaban J connectivity index is 1.36. The predicted octanol–water partition coefficient (Wildman–Crippen LogP) is 1.65. The van der Waals surface area contributed by atoms with Crippen molar-refractivity contribution >= 4 is 45.2 Å². The number of halogens is 1. The van der Waals surface area contributed by atoms with Crippen molar-refractivity contribution in [2.24, 2.45) is 23.7 Å². The van der Waals surface area contributed by atoms with Gasteiger partial charge in [0, 0.05) is 23.7 Å². The average molecular weight is 439 g/mol. The first-order valence-corrected chi connectivity index (χ1v) is 9.34. The Labute approximate surface area is 161 Å². The van der Waals surface area contributed by atoms with Crippen molar-refractivity contribution in [1.29, 1.82) is 0 Å². The molecule has 1 saturated heterocycles. The molecule has 142 valence electrons. The van der Waals surface area contributed by atoms with E-state index in [1.165, 1.54) is 24.3 Å². The molecule has 0 radical (unpaired) electrons. The van der Waals surface area contributed by atoms with E-state index in [1.807, 2.05) is 0 Å². The molecule has 1 aliphatic heterocycles. The molecular formula is C17H15BrN2O7. The number of rotatable bonds is 5. The molecule has 10 heteroatoms. The van der Waals surface area contributed by atoms with E-state index in [0.717, 1.165) is 6.42 Å². The molecule has 3 fully saturated rings. The Morgan fingerprint density at radius 2 is 2.15 bits per heavy atom. The molecule has 0 spiro atoms. The Bertz CT molecular complexity index is 844. The van der Waals surface area contributed by atoms with Crippen LogP contribution in [0.1, 0.15) is 6.42 Å². The summed E-state index contributed by atoms with van der Waals surface area (Å²) in [6.45, 7) is -0.534. The number of hydrogen-bond donors (Lipinski definition) is 1. The standard InChI is InChI=1S/C17H15BrN2O7/c18-14-9-5-10-13(17(23)27-15(10)14)12(9)16(22)26-6-11(21)19-7-2-1-3-8(4-7)20(24)25/h1-4,9-10,12-15H,5-6H2,(H,19,21)/t9-,10-,12-,13-,14+,15+/m1/s1. The fraction of sp³-hybridized carbons (Fsp3) is 0.471. The predicted molar refractivity (Wildman–Crippen MR) is 93.9 cm³/mol. The summed E-state index contributed by atoms with van der Waals surface area (Å²) in [5, 5.41) is 13.2. The molecule has 2 saturated carbocycles. The van der Waals surface area contributed by atoms with E-state index >= 15 is 0 Å². The maximum absolute atomic E-state index is 12.5. The van der Waals surface area contributed by atoms with Gasteiger partial charge in [0.25, 0.3) is 11.6 Å². The number of alkyl halides is 1. The summed E-state index contributed by atoms with van der Waals surface area (Å²) in [7, 11) is 0. The van der Waals surface area contributed by atoms with Crippen molar-refractivity contribution in [3.63, 3.8) is 0 Å². The fourth-order valence-electron chi connectivity index (χ4n) is 4.42. The first kappa shape index (κ1) is 17.9. The molecule has 9 nitrogen and oxygen atoms in total. The zero-order valence-electron chi connectivity index (χ0n) is 13.9. The average Bonchev–Trinajstić information content (AvgIpc) is 3.24. The third kappa shape index (κ3) is 2.97. The maximum atomic E-state index is 12.5. The molecule has 1 heterocycles. The second-order valence-corrected chi connectivity index (χ2v) is 7.98. The number of nitrogens with one attached hydrogen (secondary N) is 1. The van der Waals surface area contributed by atoms with Crippen LogP contribution < -0.4 is 5.32 Å². The quantitative estimate of drug-likeness (QED) is 0.320. The molecule has 1 aromatic carbocycles. The van der Waals surface area contributed by atoms with Gasteiger partial charge in [-0.25, -0.2) is 0 Å². The second-order valence-electron chi connectivity index (χ2n) is 6.92. The van der Waals surface area contributed by atoms with Crippen LogP contribution in [-0.2, 0) is 23.9 Å². The summed E-state index contributed by atoms with van der Waals surface area (Å²) in [5.41, 5.74) is 0.0670. The minimum absolute atomic E-state index is 0.0168. The van der Waals surface area contributed by atoms with Gasteiger partial charge in [-0.3, -0.25) is 24.5 Å². The highest BCUT2D eigenvalue weighted by molar-refractivity contribution is 9.09. The first-order valence-electron chi connectivity index (χ1n) is 8.42. The number of benzene rings is 1. The van der Waals surface area contributed by atoms with Gasteiger partial charge in [0.1, 0.15) is 6.10 Å². The number of anilines is 1.